The average Bonchev–Trinajstić information content (AvgIpc) is 2.69. The molecule has 1 aromatic rings. The van der Waals surface area contributed by atoms with Crippen molar-refractivity contribution in [3.63, 3.8) is 0 Å². The minimum Gasteiger partial charge on any atom is -0.494 e. The first-order valence-corrected chi connectivity index (χ1v) is 6.34. The van der Waals surface area contributed by atoms with Gasteiger partial charge in [0.2, 0.25) is 0 Å². The molecule has 0 saturated carbocycles. The van der Waals surface area contributed by atoms with Crippen molar-refractivity contribution in [3.05, 3.63) is 35.3 Å². The van der Waals surface area contributed by atoms with Crippen molar-refractivity contribution in [2.24, 2.45) is 10.9 Å². The van der Waals surface area contributed by atoms with Crippen LogP contribution in [0.1, 0.15) is 25.8 Å². The Morgan fingerprint density at radius 2 is 2.20 bits per heavy atom. The number of halogens is 1. The summed E-state index contributed by atoms with van der Waals surface area (Å²) >= 11 is 0. The SMILES string of the molecule is COc1ccc(/C=C2/N=C(CC(C)C)OC2=O)cc1F. The molecule has 0 radical (unpaired) electrons. The molecular weight excluding hydrogens is 261 g/mol. The van der Waals surface area contributed by atoms with Crippen molar-refractivity contribution in [2.75, 3.05) is 7.11 Å². The highest BCUT2D eigenvalue weighted by Gasteiger charge is 2.23. The van der Waals surface area contributed by atoms with Crippen LogP contribution in [0.3, 0.4) is 0 Å². The second kappa shape index (κ2) is 5.86. The number of esters is 1. The first-order chi connectivity index (χ1) is 9.49. The molecule has 0 spiro atoms. The number of aliphatic imine (C=N–C) groups is 1. The Labute approximate surface area is 116 Å². The summed E-state index contributed by atoms with van der Waals surface area (Å²) < 4.78 is 23.5. The van der Waals surface area contributed by atoms with Crippen LogP contribution in [0.4, 0.5) is 4.39 Å². The summed E-state index contributed by atoms with van der Waals surface area (Å²) in [6.07, 6.45) is 2.10. The summed E-state index contributed by atoms with van der Waals surface area (Å²) in [5.41, 5.74) is 0.718. The van der Waals surface area contributed by atoms with Crippen LogP contribution in [0.2, 0.25) is 0 Å². The zero-order valence-corrected chi connectivity index (χ0v) is 11.6. The van der Waals surface area contributed by atoms with E-state index in [-0.39, 0.29) is 11.4 Å². The Morgan fingerprint density at radius 1 is 1.45 bits per heavy atom. The van der Waals surface area contributed by atoms with Crippen LogP contribution in [-0.2, 0) is 9.53 Å². The fourth-order valence-electron chi connectivity index (χ4n) is 1.82. The molecule has 0 fully saturated rings. The summed E-state index contributed by atoms with van der Waals surface area (Å²) in [7, 11) is 1.40. The number of nitrogens with zero attached hydrogens (tertiary/aromatic N) is 1. The Morgan fingerprint density at radius 3 is 2.80 bits per heavy atom. The van der Waals surface area contributed by atoms with Crippen molar-refractivity contribution in [2.45, 2.75) is 20.3 Å². The minimum atomic E-state index is -0.503. The Balaban J connectivity index is 2.24. The van der Waals surface area contributed by atoms with Gasteiger partial charge in [0.1, 0.15) is 0 Å². The van der Waals surface area contributed by atoms with Gasteiger partial charge in [-0.25, -0.2) is 14.2 Å². The number of carbonyl (C=O) groups excluding carboxylic acids is 1. The maximum Gasteiger partial charge on any atom is 0.363 e. The molecule has 0 N–H and O–H groups in total. The lowest BCUT2D eigenvalue weighted by Crippen LogP contribution is -2.06. The highest BCUT2D eigenvalue weighted by Crippen LogP contribution is 2.22. The van der Waals surface area contributed by atoms with Crippen molar-refractivity contribution < 1.29 is 18.7 Å². The van der Waals surface area contributed by atoms with Gasteiger partial charge in [-0.2, -0.15) is 0 Å². The molecule has 1 heterocycles. The molecule has 1 aliphatic heterocycles. The molecule has 0 atom stereocenters. The van der Waals surface area contributed by atoms with Crippen LogP contribution in [0.25, 0.3) is 6.08 Å². The monoisotopic (exact) mass is 277 g/mol. The topological polar surface area (TPSA) is 47.9 Å². The molecule has 0 aliphatic carbocycles. The van der Waals surface area contributed by atoms with Gasteiger partial charge in [-0.1, -0.05) is 19.9 Å². The van der Waals surface area contributed by atoms with E-state index in [1.165, 1.54) is 25.3 Å². The van der Waals surface area contributed by atoms with Gasteiger partial charge in [0.05, 0.1) is 7.11 Å². The van der Waals surface area contributed by atoms with Gasteiger partial charge in [-0.05, 0) is 29.7 Å². The van der Waals surface area contributed by atoms with Crippen molar-refractivity contribution in [1.82, 2.24) is 0 Å². The van der Waals surface area contributed by atoms with Crippen LogP contribution < -0.4 is 4.74 Å². The number of carbonyl (C=O) groups is 1. The summed E-state index contributed by atoms with van der Waals surface area (Å²) in [5.74, 6) is -0.0776. The first kappa shape index (κ1) is 14.2. The fraction of sp³-hybridized carbons (Fsp3) is 0.333. The third kappa shape index (κ3) is 3.23. The molecular formula is C15H16FNO3. The second-order valence-corrected chi connectivity index (χ2v) is 4.92. The summed E-state index contributed by atoms with van der Waals surface area (Å²) in [6.45, 7) is 4.02. The number of rotatable bonds is 4. The molecule has 4 nitrogen and oxygen atoms in total. The predicted molar refractivity (Wildman–Crippen MR) is 73.9 cm³/mol. The normalized spacial score (nSPS) is 16.6. The molecule has 106 valence electrons. The summed E-state index contributed by atoms with van der Waals surface area (Å²) in [6, 6.07) is 4.44. The quantitative estimate of drug-likeness (QED) is 0.627. The number of methoxy groups -OCH3 is 1. The number of hydrogen-bond acceptors (Lipinski definition) is 4. The standard InChI is InChI=1S/C15H16FNO3/c1-9(2)6-14-17-12(15(18)20-14)8-10-4-5-13(19-3)11(16)7-10/h4-5,7-9H,6H2,1-3H3/b12-8+. The molecule has 1 aromatic carbocycles. The van der Waals surface area contributed by atoms with E-state index in [4.69, 9.17) is 9.47 Å². The van der Waals surface area contributed by atoms with Crippen molar-refractivity contribution in [3.8, 4) is 5.75 Å². The Kier molecular flexibility index (Phi) is 4.17. The number of hydrogen-bond donors (Lipinski definition) is 0. The molecule has 0 amide bonds. The van der Waals surface area contributed by atoms with Gasteiger partial charge < -0.3 is 9.47 Å². The van der Waals surface area contributed by atoms with Gasteiger partial charge in [-0.15, -0.1) is 0 Å². The van der Waals surface area contributed by atoms with Crippen LogP contribution in [0.5, 0.6) is 5.75 Å². The van der Waals surface area contributed by atoms with E-state index in [9.17, 15) is 9.18 Å². The zero-order chi connectivity index (χ0) is 14.7. The first-order valence-electron chi connectivity index (χ1n) is 6.34. The molecule has 0 aromatic heterocycles. The van der Waals surface area contributed by atoms with E-state index in [0.29, 0.717) is 23.8 Å². The third-order valence-electron chi connectivity index (χ3n) is 2.73. The highest BCUT2D eigenvalue weighted by molar-refractivity contribution is 6.07. The predicted octanol–water partition coefficient (Wildman–Crippen LogP) is 3.18. The molecule has 0 saturated heterocycles. The average molecular weight is 277 g/mol. The van der Waals surface area contributed by atoms with Crippen LogP contribution >= 0.6 is 0 Å². The van der Waals surface area contributed by atoms with Crippen molar-refractivity contribution >= 4 is 17.9 Å². The lowest BCUT2D eigenvalue weighted by molar-refractivity contribution is -0.130. The van der Waals surface area contributed by atoms with E-state index < -0.39 is 11.8 Å². The van der Waals surface area contributed by atoms with E-state index in [1.807, 2.05) is 13.8 Å². The van der Waals surface area contributed by atoms with Crippen LogP contribution in [0, 0.1) is 11.7 Å². The maximum atomic E-state index is 13.6. The van der Waals surface area contributed by atoms with Crippen molar-refractivity contribution in [1.29, 1.82) is 0 Å². The maximum absolute atomic E-state index is 13.6. The third-order valence-corrected chi connectivity index (χ3v) is 2.73. The Bertz CT molecular complexity index is 591. The zero-order valence-electron chi connectivity index (χ0n) is 11.6. The molecule has 0 bridgehead atoms. The minimum absolute atomic E-state index is 0.158. The molecule has 20 heavy (non-hydrogen) atoms. The number of ether oxygens (including phenoxy) is 2. The van der Waals surface area contributed by atoms with Gasteiger partial charge in [0, 0.05) is 6.42 Å². The van der Waals surface area contributed by atoms with E-state index >= 15 is 0 Å². The van der Waals surface area contributed by atoms with Gasteiger partial charge in [0.25, 0.3) is 0 Å². The summed E-state index contributed by atoms with van der Waals surface area (Å²) in [5, 5.41) is 0. The van der Waals surface area contributed by atoms with E-state index in [2.05, 4.69) is 4.99 Å². The van der Waals surface area contributed by atoms with Crippen LogP contribution in [0.15, 0.2) is 28.9 Å². The van der Waals surface area contributed by atoms with Crippen LogP contribution in [-0.4, -0.2) is 19.0 Å². The Hall–Kier alpha value is -2.17. The molecule has 5 heteroatoms. The molecule has 2 rings (SSSR count). The summed E-state index contributed by atoms with van der Waals surface area (Å²) in [4.78, 5) is 15.8. The number of cyclic esters (lactones) is 1. The smallest absolute Gasteiger partial charge is 0.363 e. The lowest BCUT2D eigenvalue weighted by Gasteiger charge is -2.01. The second-order valence-electron chi connectivity index (χ2n) is 4.92. The van der Waals surface area contributed by atoms with Gasteiger partial charge in [-0.3, -0.25) is 0 Å². The van der Waals surface area contributed by atoms with E-state index in [1.54, 1.807) is 6.07 Å². The van der Waals surface area contributed by atoms with Gasteiger partial charge >= 0.3 is 5.97 Å². The number of benzene rings is 1. The lowest BCUT2D eigenvalue weighted by atomic mass is 10.1. The van der Waals surface area contributed by atoms with E-state index in [0.717, 1.165) is 0 Å². The fourth-order valence-corrected chi connectivity index (χ4v) is 1.82. The highest BCUT2D eigenvalue weighted by atomic mass is 19.1. The molecule has 0 unspecified atom stereocenters. The molecule has 1 aliphatic rings. The largest absolute Gasteiger partial charge is 0.494 e. The van der Waals surface area contributed by atoms with Gasteiger partial charge in [0.15, 0.2) is 23.2 Å².